The van der Waals surface area contributed by atoms with E-state index in [1.165, 1.54) is 0 Å². The molecule has 0 aliphatic carbocycles. The molecule has 2 aromatic heterocycles. The van der Waals surface area contributed by atoms with Crippen LogP contribution in [0, 0.1) is 0 Å². The molecule has 4 aromatic rings. The summed E-state index contributed by atoms with van der Waals surface area (Å²) in [5.41, 5.74) is 11.2. The molecule has 39 heavy (non-hydrogen) atoms. The average Bonchev–Trinajstić information content (AvgIpc) is 3.23. The van der Waals surface area contributed by atoms with Crippen molar-refractivity contribution in [1.82, 2.24) is 19.4 Å². The lowest BCUT2D eigenvalue weighted by Gasteiger charge is -2.24. The molecule has 0 saturated heterocycles. The van der Waals surface area contributed by atoms with Gasteiger partial charge in [-0.25, -0.2) is 14.8 Å². The summed E-state index contributed by atoms with van der Waals surface area (Å²) in [5, 5.41) is 4.15. The van der Waals surface area contributed by atoms with Crippen LogP contribution in [-0.4, -0.2) is 73.4 Å². The SMILES string of the molecule is CCCOC(=O)c1c(-c2ccnc(Nc3cc(N)c(N(C)CCN(C)C)cc3OC)n2)c2ccccc2n1C. The van der Waals surface area contributed by atoms with Gasteiger partial charge < -0.3 is 34.9 Å². The third-order valence-corrected chi connectivity index (χ3v) is 6.54. The Kier molecular flexibility index (Phi) is 8.55. The van der Waals surface area contributed by atoms with Crippen LogP contribution in [0.3, 0.4) is 0 Å². The summed E-state index contributed by atoms with van der Waals surface area (Å²) in [7, 11) is 9.55. The third-order valence-electron chi connectivity index (χ3n) is 6.54. The van der Waals surface area contributed by atoms with Gasteiger partial charge in [0.2, 0.25) is 5.95 Å². The molecule has 206 valence electrons. The molecule has 4 rings (SSSR count). The molecule has 0 aliphatic rings. The summed E-state index contributed by atoms with van der Waals surface area (Å²) in [6.45, 7) is 4.01. The number of aryl methyl sites for hydroxylation is 1. The first-order chi connectivity index (χ1) is 18.7. The number of nitrogen functional groups attached to an aromatic ring is 1. The van der Waals surface area contributed by atoms with Gasteiger partial charge in [-0.2, -0.15) is 0 Å². The molecule has 0 unspecified atom stereocenters. The number of esters is 1. The summed E-state index contributed by atoms with van der Waals surface area (Å²) in [4.78, 5) is 26.5. The summed E-state index contributed by atoms with van der Waals surface area (Å²) < 4.78 is 13.1. The minimum absolute atomic E-state index is 0.345. The zero-order valence-electron chi connectivity index (χ0n) is 23.5. The maximum absolute atomic E-state index is 13.1. The van der Waals surface area contributed by atoms with E-state index in [-0.39, 0.29) is 5.97 Å². The van der Waals surface area contributed by atoms with E-state index in [1.54, 1.807) is 19.4 Å². The number of nitrogens with two attached hydrogens (primary N) is 1. The number of hydrogen-bond donors (Lipinski definition) is 2. The summed E-state index contributed by atoms with van der Waals surface area (Å²) in [6.07, 6.45) is 2.40. The highest BCUT2D eigenvalue weighted by molar-refractivity contribution is 6.08. The number of likely N-dealkylation sites (N-methyl/N-ethyl adjacent to an activating group) is 2. The second-order valence-corrected chi connectivity index (χ2v) is 9.66. The molecule has 2 aromatic carbocycles. The fourth-order valence-electron chi connectivity index (χ4n) is 4.49. The number of para-hydroxylation sites is 1. The van der Waals surface area contributed by atoms with E-state index in [4.69, 9.17) is 20.2 Å². The number of nitrogens with one attached hydrogen (secondary N) is 1. The second kappa shape index (κ2) is 12.0. The van der Waals surface area contributed by atoms with Crippen molar-refractivity contribution in [3.05, 3.63) is 54.4 Å². The zero-order valence-corrected chi connectivity index (χ0v) is 23.5. The molecule has 0 radical (unpaired) electrons. The Morgan fingerprint density at radius 3 is 2.62 bits per heavy atom. The van der Waals surface area contributed by atoms with Crippen LogP contribution in [0.4, 0.5) is 23.0 Å². The van der Waals surface area contributed by atoms with Crippen molar-refractivity contribution in [3.63, 3.8) is 0 Å². The molecule has 3 N–H and O–H groups in total. The molecular formula is C29H37N7O3. The van der Waals surface area contributed by atoms with E-state index in [0.29, 0.717) is 46.6 Å². The Labute approximate surface area is 229 Å². The first kappa shape index (κ1) is 27.7. The van der Waals surface area contributed by atoms with Crippen LogP contribution in [0.5, 0.6) is 5.75 Å². The molecule has 10 heteroatoms. The van der Waals surface area contributed by atoms with Crippen LogP contribution in [0.2, 0.25) is 0 Å². The van der Waals surface area contributed by atoms with Crippen LogP contribution >= 0.6 is 0 Å². The number of rotatable bonds is 11. The van der Waals surface area contributed by atoms with Crippen LogP contribution in [-0.2, 0) is 11.8 Å². The lowest BCUT2D eigenvalue weighted by Crippen LogP contribution is -2.29. The zero-order chi connectivity index (χ0) is 28.1. The van der Waals surface area contributed by atoms with Crippen molar-refractivity contribution in [3.8, 4) is 17.0 Å². The Morgan fingerprint density at radius 2 is 1.90 bits per heavy atom. The van der Waals surface area contributed by atoms with Gasteiger partial charge in [-0.1, -0.05) is 25.1 Å². The number of methoxy groups -OCH3 is 1. The van der Waals surface area contributed by atoms with E-state index in [2.05, 4.69) is 20.1 Å². The molecule has 0 aliphatic heterocycles. The predicted molar refractivity (Wildman–Crippen MR) is 157 cm³/mol. The average molecular weight is 532 g/mol. The smallest absolute Gasteiger partial charge is 0.355 e. The molecular weight excluding hydrogens is 494 g/mol. The largest absolute Gasteiger partial charge is 0.494 e. The van der Waals surface area contributed by atoms with Gasteiger partial charge in [-0.15, -0.1) is 0 Å². The van der Waals surface area contributed by atoms with E-state index in [1.807, 2.05) is 76.1 Å². The number of carbonyl (C=O) groups is 1. The number of carbonyl (C=O) groups excluding carboxylic acids is 1. The number of fused-ring (bicyclic) bond motifs is 1. The van der Waals surface area contributed by atoms with Crippen molar-refractivity contribution < 1.29 is 14.3 Å². The van der Waals surface area contributed by atoms with E-state index < -0.39 is 0 Å². The molecule has 0 amide bonds. The highest BCUT2D eigenvalue weighted by Gasteiger charge is 2.24. The molecule has 10 nitrogen and oxygen atoms in total. The summed E-state index contributed by atoms with van der Waals surface area (Å²) in [6, 6.07) is 13.4. The molecule has 0 fully saturated rings. The maximum atomic E-state index is 13.1. The number of hydrogen-bond acceptors (Lipinski definition) is 9. The highest BCUT2D eigenvalue weighted by Crippen LogP contribution is 2.37. The van der Waals surface area contributed by atoms with Gasteiger partial charge in [0, 0.05) is 55.9 Å². The Bertz CT molecular complexity index is 1470. The number of anilines is 4. The molecule has 0 spiro atoms. The lowest BCUT2D eigenvalue weighted by atomic mass is 10.1. The Morgan fingerprint density at radius 1 is 1.13 bits per heavy atom. The molecule has 0 saturated carbocycles. The van der Waals surface area contributed by atoms with Crippen LogP contribution in [0.15, 0.2) is 48.7 Å². The van der Waals surface area contributed by atoms with Crippen molar-refractivity contribution in [2.24, 2.45) is 7.05 Å². The number of nitrogens with zero attached hydrogens (tertiary/aromatic N) is 5. The van der Waals surface area contributed by atoms with Gasteiger partial charge in [0.25, 0.3) is 0 Å². The van der Waals surface area contributed by atoms with Gasteiger partial charge in [-0.05, 0) is 38.7 Å². The van der Waals surface area contributed by atoms with E-state index in [0.717, 1.165) is 36.1 Å². The highest BCUT2D eigenvalue weighted by atomic mass is 16.5. The molecule has 0 bridgehead atoms. The summed E-state index contributed by atoms with van der Waals surface area (Å²) >= 11 is 0. The summed E-state index contributed by atoms with van der Waals surface area (Å²) in [5.74, 6) is 0.570. The maximum Gasteiger partial charge on any atom is 0.355 e. The van der Waals surface area contributed by atoms with Gasteiger partial charge in [0.05, 0.1) is 36.5 Å². The molecule has 2 heterocycles. The quantitative estimate of drug-likeness (QED) is 0.213. The molecule has 0 atom stereocenters. The minimum atomic E-state index is -0.387. The Balaban J connectivity index is 1.72. The van der Waals surface area contributed by atoms with E-state index >= 15 is 0 Å². The number of aromatic nitrogens is 3. The first-order valence-electron chi connectivity index (χ1n) is 12.9. The minimum Gasteiger partial charge on any atom is -0.494 e. The third kappa shape index (κ3) is 5.91. The van der Waals surface area contributed by atoms with E-state index in [9.17, 15) is 4.79 Å². The van der Waals surface area contributed by atoms with Gasteiger partial charge in [-0.3, -0.25) is 0 Å². The van der Waals surface area contributed by atoms with Gasteiger partial charge in [0.15, 0.2) is 0 Å². The lowest BCUT2D eigenvalue weighted by molar-refractivity contribution is 0.0495. The van der Waals surface area contributed by atoms with Crippen molar-refractivity contribution in [2.75, 3.05) is 63.9 Å². The topological polar surface area (TPSA) is 111 Å². The van der Waals surface area contributed by atoms with Crippen molar-refractivity contribution >= 4 is 39.9 Å². The normalized spacial score (nSPS) is 11.2. The number of benzene rings is 2. The fraction of sp³-hybridized carbons (Fsp3) is 0.345. The second-order valence-electron chi connectivity index (χ2n) is 9.66. The van der Waals surface area contributed by atoms with Crippen molar-refractivity contribution in [1.29, 1.82) is 0 Å². The monoisotopic (exact) mass is 531 g/mol. The Hall–Kier alpha value is -4.31. The number of ether oxygens (including phenoxy) is 2. The fourth-order valence-corrected chi connectivity index (χ4v) is 4.49. The van der Waals surface area contributed by atoms with Crippen LogP contribution in [0.1, 0.15) is 23.8 Å². The van der Waals surface area contributed by atoms with Gasteiger partial charge in [0.1, 0.15) is 11.4 Å². The van der Waals surface area contributed by atoms with Gasteiger partial charge >= 0.3 is 5.97 Å². The predicted octanol–water partition coefficient (Wildman–Crippen LogP) is 4.53. The first-order valence-corrected chi connectivity index (χ1v) is 12.9. The van der Waals surface area contributed by atoms with Crippen LogP contribution < -0.4 is 20.7 Å². The van der Waals surface area contributed by atoms with Crippen molar-refractivity contribution in [2.45, 2.75) is 13.3 Å². The van der Waals surface area contributed by atoms with Crippen LogP contribution in [0.25, 0.3) is 22.2 Å². The standard InChI is InChI=1S/C29H37N7O3/c1-7-16-39-28(37)27-26(19-10-8-9-11-23(19)36(27)5)21-12-13-31-29(32-21)33-22-17-20(30)24(18-25(22)38-6)35(4)15-14-34(2)3/h8-13,17-18H,7,14-16,30H2,1-6H3,(H,31,32,33).